The molecule has 1 nitrogen and oxygen atoms in total. The van der Waals surface area contributed by atoms with E-state index in [9.17, 15) is 0 Å². The van der Waals surface area contributed by atoms with E-state index in [1.165, 1.54) is 76.3 Å². The third-order valence-electron chi connectivity index (χ3n) is 5.56. The van der Waals surface area contributed by atoms with E-state index in [1.807, 2.05) is 0 Å². The molecule has 0 saturated carbocycles. The summed E-state index contributed by atoms with van der Waals surface area (Å²) >= 11 is 0. The van der Waals surface area contributed by atoms with E-state index < -0.39 is 0 Å². The van der Waals surface area contributed by atoms with Crippen molar-refractivity contribution in [3.63, 3.8) is 0 Å². The Kier molecular flexibility index (Phi) is 8.74. The summed E-state index contributed by atoms with van der Waals surface area (Å²) in [4.78, 5) is 0. The molecule has 1 aromatic carbocycles. The molecule has 1 unspecified atom stereocenters. The lowest BCUT2D eigenvalue weighted by Crippen LogP contribution is -2.32. The van der Waals surface area contributed by atoms with E-state index in [2.05, 4.69) is 43.4 Å². The smallest absolute Gasteiger partial charge is 0.0208 e. The first-order valence-electron chi connectivity index (χ1n) is 10.1. The van der Waals surface area contributed by atoms with Gasteiger partial charge in [-0.3, -0.25) is 0 Å². The average Bonchev–Trinajstić information content (AvgIpc) is 2.60. The summed E-state index contributed by atoms with van der Waals surface area (Å²) in [7, 11) is 0. The largest absolute Gasteiger partial charge is 0.312 e. The molecule has 1 heteroatoms. The van der Waals surface area contributed by atoms with Crippen LogP contribution < -0.4 is 5.32 Å². The van der Waals surface area contributed by atoms with E-state index in [0.717, 1.165) is 18.4 Å². The first kappa shape index (κ1) is 18.5. The Morgan fingerprint density at radius 2 is 1.57 bits per heavy atom. The summed E-state index contributed by atoms with van der Waals surface area (Å²) in [6.45, 7) is 6.86. The SMILES string of the molecule is CCCCCCC(CCCCCC)C1CNCc2ccccc21. The molecular formula is C22H37N. The van der Waals surface area contributed by atoms with Crippen molar-refractivity contribution in [3.8, 4) is 0 Å². The summed E-state index contributed by atoms with van der Waals surface area (Å²) in [5.41, 5.74) is 3.18. The molecule has 23 heavy (non-hydrogen) atoms. The molecule has 1 heterocycles. The van der Waals surface area contributed by atoms with Crippen molar-refractivity contribution in [2.24, 2.45) is 5.92 Å². The van der Waals surface area contributed by atoms with Crippen LogP contribution in [0.25, 0.3) is 0 Å². The molecule has 0 bridgehead atoms. The molecule has 1 aromatic rings. The molecule has 0 radical (unpaired) electrons. The fourth-order valence-corrected chi connectivity index (χ4v) is 4.16. The van der Waals surface area contributed by atoms with Crippen LogP contribution in [0.5, 0.6) is 0 Å². The predicted molar refractivity (Wildman–Crippen MR) is 102 cm³/mol. The lowest BCUT2D eigenvalue weighted by atomic mass is 9.76. The van der Waals surface area contributed by atoms with Crippen LogP contribution in [0.1, 0.15) is 95.1 Å². The molecule has 130 valence electrons. The molecule has 0 spiro atoms. The quantitative estimate of drug-likeness (QED) is 0.464. The summed E-state index contributed by atoms with van der Waals surface area (Å²) in [5, 5.41) is 3.67. The van der Waals surface area contributed by atoms with Gasteiger partial charge in [-0.15, -0.1) is 0 Å². The molecule has 0 aromatic heterocycles. The maximum Gasteiger partial charge on any atom is 0.0208 e. The van der Waals surface area contributed by atoms with Crippen LogP contribution in [-0.2, 0) is 6.54 Å². The van der Waals surface area contributed by atoms with Gasteiger partial charge in [-0.25, -0.2) is 0 Å². The predicted octanol–water partition coefficient (Wildman–Crippen LogP) is 6.43. The second-order valence-corrected chi connectivity index (χ2v) is 7.39. The maximum absolute atomic E-state index is 3.67. The summed E-state index contributed by atoms with van der Waals surface area (Å²) in [6.07, 6.45) is 14.0. The monoisotopic (exact) mass is 315 g/mol. The second-order valence-electron chi connectivity index (χ2n) is 7.39. The van der Waals surface area contributed by atoms with Gasteiger partial charge in [0.05, 0.1) is 0 Å². The van der Waals surface area contributed by atoms with Crippen molar-refractivity contribution in [1.82, 2.24) is 5.32 Å². The van der Waals surface area contributed by atoms with E-state index in [-0.39, 0.29) is 0 Å². The van der Waals surface area contributed by atoms with E-state index in [4.69, 9.17) is 0 Å². The third kappa shape index (κ3) is 5.95. The minimum Gasteiger partial charge on any atom is -0.312 e. The molecule has 1 aliphatic heterocycles. The molecule has 0 saturated heterocycles. The van der Waals surface area contributed by atoms with Gasteiger partial charge >= 0.3 is 0 Å². The molecule has 1 aliphatic rings. The van der Waals surface area contributed by atoms with Crippen LogP contribution in [0.3, 0.4) is 0 Å². The van der Waals surface area contributed by atoms with Crippen molar-refractivity contribution in [2.75, 3.05) is 6.54 Å². The van der Waals surface area contributed by atoms with Gasteiger partial charge in [-0.05, 0) is 35.8 Å². The molecule has 1 N–H and O–H groups in total. The maximum atomic E-state index is 3.67. The van der Waals surface area contributed by atoms with Crippen molar-refractivity contribution < 1.29 is 0 Å². The number of hydrogen-bond donors (Lipinski definition) is 1. The number of unbranched alkanes of at least 4 members (excludes halogenated alkanes) is 6. The van der Waals surface area contributed by atoms with Gasteiger partial charge in [0.1, 0.15) is 0 Å². The summed E-state index contributed by atoms with van der Waals surface area (Å²) in [5.74, 6) is 1.61. The Hall–Kier alpha value is -0.820. The lowest BCUT2D eigenvalue weighted by Gasteiger charge is -2.33. The molecule has 0 aliphatic carbocycles. The van der Waals surface area contributed by atoms with Gasteiger partial charge < -0.3 is 5.32 Å². The van der Waals surface area contributed by atoms with Crippen LogP contribution in [0.2, 0.25) is 0 Å². The third-order valence-corrected chi connectivity index (χ3v) is 5.56. The number of hydrogen-bond acceptors (Lipinski definition) is 1. The fraction of sp³-hybridized carbons (Fsp3) is 0.727. The average molecular weight is 316 g/mol. The van der Waals surface area contributed by atoms with E-state index >= 15 is 0 Å². The van der Waals surface area contributed by atoms with Crippen LogP contribution in [0.15, 0.2) is 24.3 Å². The number of benzene rings is 1. The zero-order valence-corrected chi connectivity index (χ0v) is 15.4. The van der Waals surface area contributed by atoms with Gasteiger partial charge in [0.25, 0.3) is 0 Å². The minimum absolute atomic E-state index is 0.739. The Morgan fingerprint density at radius 1 is 0.913 bits per heavy atom. The van der Waals surface area contributed by atoms with E-state index in [0.29, 0.717) is 0 Å². The van der Waals surface area contributed by atoms with Gasteiger partial charge in [-0.1, -0.05) is 89.5 Å². The minimum atomic E-state index is 0.739. The van der Waals surface area contributed by atoms with Gasteiger partial charge in [0, 0.05) is 13.1 Å². The zero-order valence-electron chi connectivity index (χ0n) is 15.4. The lowest BCUT2D eigenvalue weighted by molar-refractivity contribution is 0.320. The highest BCUT2D eigenvalue weighted by atomic mass is 14.9. The van der Waals surface area contributed by atoms with Gasteiger partial charge in [0.15, 0.2) is 0 Å². The molecule has 0 fully saturated rings. The first-order chi connectivity index (χ1) is 11.4. The van der Waals surface area contributed by atoms with Crippen LogP contribution in [-0.4, -0.2) is 6.54 Å². The molecule has 2 rings (SSSR count). The van der Waals surface area contributed by atoms with Gasteiger partial charge in [-0.2, -0.15) is 0 Å². The van der Waals surface area contributed by atoms with Crippen LogP contribution in [0, 0.1) is 5.92 Å². The Morgan fingerprint density at radius 3 is 2.22 bits per heavy atom. The molecular weight excluding hydrogens is 278 g/mol. The van der Waals surface area contributed by atoms with Gasteiger partial charge in [0.2, 0.25) is 0 Å². The number of fused-ring (bicyclic) bond motifs is 1. The van der Waals surface area contributed by atoms with Crippen molar-refractivity contribution in [3.05, 3.63) is 35.4 Å². The topological polar surface area (TPSA) is 12.0 Å². The number of nitrogens with one attached hydrogen (secondary N) is 1. The van der Waals surface area contributed by atoms with E-state index in [1.54, 1.807) is 5.56 Å². The molecule has 1 atom stereocenters. The Labute approximate surface area is 144 Å². The standard InChI is InChI=1S/C22H37N/c1-3-5-7-9-13-19(14-10-8-6-4-2)22-18-23-17-20-15-11-12-16-21(20)22/h11-12,15-16,19,22-23H,3-10,13-14,17-18H2,1-2H3. The summed E-state index contributed by atoms with van der Waals surface area (Å²) in [6, 6.07) is 9.15. The summed E-state index contributed by atoms with van der Waals surface area (Å²) < 4.78 is 0. The highest BCUT2D eigenvalue weighted by molar-refractivity contribution is 5.33. The van der Waals surface area contributed by atoms with Crippen molar-refractivity contribution in [2.45, 2.75) is 90.5 Å². The van der Waals surface area contributed by atoms with Crippen LogP contribution in [0.4, 0.5) is 0 Å². The zero-order chi connectivity index (χ0) is 16.3. The second kappa shape index (κ2) is 10.9. The number of rotatable bonds is 11. The normalized spacial score (nSPS) is 17.4. The van der Waals surface area contributed by atoms with Crippen molar-refractivity contribution >= 4 is 0 Å². The van der Waals surface area contributed by atoms with Crippen molar-refractivity contribution in [1.29, 1.82) is 0 Å². The highest BCUT2D eigenvalue weighted by Gasteiger charge is 2.26. The van der Waals surface area contributed by atoms with Crippen LogP contribution >= 0.6 is 0 Å². The molecule has 0 amide bonds. The first-order valence-corrected chi connectivity index (χ1v) is 10.1. The highest BCUT2D eigenvalue weighted by Crippen LogP contribution is 2.36. The Balaban J connectivity index is 1.97. The Bertz CT molecular complexity index is 414. The fourth-order valence-electron chi connectivity index (χ4n) is 4.16.